The average Bonchev–Trinajstić information content (AvgIpc) is 3.27. The van der Waals surface area contributed by atoms with E-state index in [0.29, 0.717) is 22.9 Å². The van der Waals surface area contributed by atoms with Crippen molar-refractivity contribution in [1.29, 1.82) is 0 Å². The molecule has 1 aromatic heterocycles. The fraction of sp³-hybridized carbons (Fsp3) is 0.292. The van der Waals surface area contributed by atoms with E-state index >= 15 is 0 Å². The SMILES string of the molecule is COc1cc(OC)cc(-c2nc(S/C(=C\c3cc(C(C)C)c(OC)cc3C)C(=O)O)n[nH]2)c1. The van der Waals surface area contributed by atoms with Gasteiger partial charge in [0.25, 0.3) is 0 Å². The Morgan fingerprint density at radius 2 is 1.73 bits per heavy atom. The van der Waals surface area contributed by atoms with Crippen LogP contribution in [0.1, 0.15) is 36.5 Å². The Morgan fingerprint density at radius 3 is 2.27 bits per heavy atom. The molecule has 9 heteroatoms. The van der Waals surface area contributed by atoms with Gasteiger partial charge in [0.2, 0.25) is 5.16 Å². The maximum atomic E-state index is 12.0. The zero-order chi connectivity index (χ0) is 24.1. The zero-order valence-corrected chi connectivity index (χ0v) is 20.2. The number of benzene rings is 2. The smallest absolute Gasteiger partial charge is 0.342 e. The molecule has 0 fully saturated rings. The van der Waals surface area contributed by atoms with Crippen LogP contribution >= 0.6 is 11.8 Å². The lowest BCUT2D eigenvalue weighted by molar-refractivity contribution is -0.131. The number of thioether (sulfide) groups is 1. The van der Waals surface area contributed by atoms with Crippen molar-refractivity contribution in [3.05, 3.63) is 51.9 Å². The molecule has 174 valence electrons. The first-order valence-corrected chi connectivity index (χ1v) is 11.0. The van der Waals surface area contributed by atoms with Crippen molar-refractivity contribution < 1.29 is 24.1 Å². The summed E-state index contributed by atoms with van der Waals surface area (Å²) in [5, 5.41) is 17.1. The lowest BCUT2D eigenvalue weighted by Crippen LogP contribution is -2.00. The maximum Gasteiger partial charge on any atom is 0.342 e. The van der Waals surface area contributed by atoms with Gasteiger partial charge in [-0.1, -0.05) is 13.8 Å². The van der Waals surface area contributed by atoms with Gasteiger partial charge in [-0.3, -0.25) is 5.10 Å². The third-order valence-corrected chi connectivity index (χ3v) is 5.91. The Bertz CT molecular complexity index is 1160. The molecule has 0 unspecified atom stereocenters. The lowest BCUT2D eigenvalue weighted by Gasteiger charge is -2.15. The number of aryl methyl sites for hydroxylation is 1. The van der Waals surface area contributed by atoms with Gasteiger partial charge in [-0.25, -0.2) is 9.78 Å². The summed E-state index contributed by atoms with van der Waals surface area (Å²) in [4.78, 5) is 16.5. The maximum absolute atomic E-state index is 12.0. The number of ether oxygens (including phenoxy) is 3. The molecule has 0 saturated carbocycles. The average molecular weight is 470 g/mol. The first-order valence-electron chi connectivity index (χ1n) is 10.2. The number of nitrogens with one attached hydrogen (secondary N) is 1. The molecule has 0 aliphatic rings. The first kappa shape index (κ1) is 24.2. The molecule has 2 aromatic carbocycles. The fourth-order valence-corrected chi connectivity index (χ4v) is 3.94. The molecule has 0 saturated heterocycles. The van der Waals surface area contributed by atoms with E-state index in [2.05, 4.69) is 29.0 Å². The molecule has 33 heavy (non-hydrogen) atoms. The normalized spacial score (nSPS) is 11.5. The van der Waals surface area contributed by atoms with Crippen LogP contribution in [0, 0.1) is 6.92 Å². The molecule has 0 atom stereocenters. The van der Waals surface area contributed by atoms with Crippen molar-refractivity contribution in [3.8, 4) is 28.6 Å². The predicted octanol–water partition coefficient (Wildman–Crippen LogP) is 5.15. The van der Waals surface area contributed by atoms with Gasteiger partial charge in [0, 0.05) is 11.6 Å². The predicted molar refractivity (Wildman–Crippen MR) is 128 cm³/mol. The molecule has 1 heterocycles. The molecule has 0 aliphatic carbocycles. The number of carbonyl (C=O) groups is 1. The molecule has 0 amide bonds. The number of carboxylic acid groups (broad SMARTS) is 1. The molecule has 2 N–H and O–H groups in total. The number of aromatic amines is 1. The van der Waals surface area contributed by atoms with Gasteiger partial charge in [-0.15, -0.1) is 5.10 Å². The van der Waals surface area contributed by atoms with Gasteiger partial charge in [0.05, 0.1) is 21.3 Å². The quantitative estimate of drug-likeness (QED) is 0.327. The lowest BCUT2D eigenvalue weighted by atomic mass is 9.96. The second-order valence-electron chi connectivity index (χ2n) is 7.59. The number of aliphatic carboxylic acids is 1. The highest BCUT2D eigenvalue weighted by atomic mass is 32.2. The summed E-state index contributed by atoms with van der Waals surface area (Å²) in [5.41, 5.74) is 3.43. The second-order valence-corrected chi connectivity index (χ2v) is 8.60. The number of nitrogens with zero attached hydrogens (tertiary/aromatic N) is 2. The van der Waals surface area contributed by atoms with Crippen LogP contribution in [0.15, 0.2) is 40.4 Å². The van der Waals surface area contributed by atoms with E-state index in [1.807, 2.05) is 19.1 Å². The molecule has 0 spiro atoms. The van der Waals surface area contributed by atoms with E-state index in [0.717, 1.165) is 34.2 Å². The van der Waals surface area contributed by atoms with Crippen LogP contribution in [0.2, 0.25) is 0 Å². The van der Waals surface area contributed by atoms with Crippen molar-refractivity contribution in [3.63, 3.8) is 0 Å². The van der Waals surface area contributed by atoms with Crippen molar-refractivity contribution in [1.82, 2.24) is 15.2 Å². The highest BCUT2D eigenvalue weighted by Gasteiger charge is 2.17. The van der Waals surface area contributed by atoms with Gasteiger partial charge in [0.15, 0.2) is 5.82 Å². The Morgan fingerprint density at radius 1 is 1.06 bits per heavy atom. The van der Waals surface area contributed by atoms with E-state index in [1.54, 1.807) is 45.6 Å². The number of H-pyrrole nitrogens is 1. The number of carboxylic acids is 1. The second kappa shape index (κ2) is 10.4. The third-order valence-electron chi connectivity index (χ3n) is 5.03. The van der Waals surface area contributed by atoms with Crippen LogP contribution < -0.4 is 14.2 Å². The van der Waals surface area contributed by atoms with E-state index in [-0.39, 0.29) is 16.0 Å². The first-order chi connectivity index (χ1) is 15.7. The number of rotatable bonds is 9. The summed E-state index contributed by atoms with van der Waals surface area (Å²) in [6.07, 6.45) is 1.64. The zero-order valence-electron chi connectivity index (χ0n) is 19.4. The monoisotopic (exact) mass is 469 g/mol. The van der Waals surface area contributed by atoms with E-state index in [4.69, 9.17) is 14.2 Å². The van der Waals surface area contributed by atoms with Crippen molar-refractivity contribution in [2.75, 3.05) is 21.3 Å². The van der Waals surface area contributed by atoms with E-state index in [1.165, 1.54) is 0 Å². The van der Waals surface area contributed by atoms with Gasteiger partial charge in [-0.2, -0.15) is 0 Å². The van der Waals surface area contributed by atoms with Gasteiger partial charge >= 0.3 is 5.97 Å². The fourth-order valence-electron chi connectivity index (χ4n) is 3.24. The summed E-state index contributed by atoms with van der Waals surface area (Å²) in [5.74, 6) is 1.65. The minimum absolute atomic E-state index is 0.103. The summed E-state index contributed by atoms with van der Waals surface area (Å²) in [7, 11) is 4.76. The van der Waals surface area contributed by atoms with Gasteiger partial charge in [-0.05, 0) is 71.6 Å². The number of hydrogen-bond donors (Lipinski definition) is 2. The van der Waals surface area contributed by atoms with Crippen LogP contribution in [0.4, 0.5) is 0 Å². The highest BCUT2D eigenvalue weighted by molar-refractivity contribution is 8.04. The number of methoxy groups -OCH3 is 3. The van der Waals surface area contributed by atoms with Crippen LogP contribution in [-0.4, -0.2) is 47.6 Å². The largest absolute Gasteiger partial charge is 0.497 e. The molecule has 0 radical (unpaired) electrons. The molecular formula is C24H27N3O5S. The minimum atomic E-state index is -1.06. The van der Waals surface area contributed by atoms with Crippen LogP contribution in [0.3, 0.4) is 0 Å². The van der Waals surface area contributed by atoms with Crippen molar-refractivity contribution >= 4 is 23.8 Å². The van der Waals surface area contributed by atoms with Gasteiger partial charge in [0.1, 0.15) is 22.2 Å². The highest BCUT2D eigenvalue weighted by Crippen LogP contribution is 2.34. The summed E-state index contributed by atoms with van der Waals surface area (Å²) in [6, 6.07) is 9.23. The number of aromatic nitrogens is 3. The van der Waals surface area contributed by atoms with Crippen LogP contribution in [0.25, 0.3) is 17.5 Å². The van der Waals surface area contributed by atoms with Gasteiger partial charge < -0.3 is 19.3 Å². The van der Waals surface area contributed by atoms with Crippen molar-refractivity contribution in [2.24, 2.45) is 0 Å². The molecular weight excluding hydrogens is 442 g/mol. The van der Waals surface area contributed by atoms with Crippen molar-refractivity contribution in [2.45, 2.75) is 31.8 Å². The summed E-state index contributed by atoms with van der Waals surface area (Å²) < 4.78 is 16.1. The summed E-state index contributed by atoms with van der Waals surface area (Å²) >= 11 is 0.974. The topological polar surface area (TPSA) is 107 Å². The molecule has 0 aliphatic heterocycles. The Balaban J connectivity index is 1.94. The van der Waals surface area contributed by atoms with E-state index < -0.39 is 5.97 Å². The number of hydrogen-bond acceptors (Lipinski definition) is 7. The summed E-state index contributed by atoms with van der Waals surface area (Å²) in [6.45, 7) is 6.05. The molecule has 0 bridgehead atoms. The van der Waals surface area contributed by atoms with E-state index in [9.17, 15) is 9.90 Å². The third kappa shape index (κ3) is 5.67. The molecule has 3 rings (SSSR count). The molecule has 8 nitrogen and oxygen atoms in total. The Hall–Kier alpha value is -3.46. The van der Waals surface area contributed by atoms with Crippen LogP contribution in [0.5, 0.6) is 17.2 Å². The minimum Gasteiger partial charge on any atom is -0.497 e. The molecule has 3 aromatic rings. The van der Waals surface area contributed by atoms with Crippen LogP contribution in [-0.2, 0) is 4.79 Å². The Labute approximate surface area is 197 Å². The Kier molecular flexibility index (Phi) is 7.65. The standard InChI is InChI=1S/C24H27N3O5S/c1-13(2)19-10-15(14(3)7-20(19)32-6)11-21(23(28)29)33-24-25-22(26-27-24)16-8-17(30-4)12-18(9-16)31-5/h7-13H,1-6H3,(H,28,29)(H,25,26,27)/b21-11-.